The van der Waals surface area contributed by atoms with Crippen molar-refractivity contribution in [2.45, 2.75) is 46.3 Å². The third-order valence-corrected chi connectivity index (χ3v) is 2.79. The first-order chi connectivity index (χ1) is 7.77. The number of hydrogen-bond donors (Lipinski definition) is 1. The molecule has 0 amide bonds. The topological polar surface area (TPSA) is 46.5 Å². The molecule has 0 radical (unpaired) electrons. The monoisotopic (exact) mass is 236 g/mol. The summed E-state index contributed by atoms with van der Waals surface area (Å²) in [6.07, 6.45) is -0.143. The van der Waals surface area contributed by atoms with Gasteiger partial charge in [-0.05, 0) is 45.7 Å². The lowest BCUT2D eigenvalue weighted by Crippen LogP contribution is -2.38. The zero-order valence-electron chi connectivity index (χ0n) is 11.1. The fourth-order valence-electron chi connectivity index (χ4n) is 1.95. The van der Waals surface area contributed by atoms with Crippen LogP contribution in [0.3, 0.4) is 0 Å². The van der Waals surface area contributed by atoms with Crippen LogP contribution in [0.4, 0.5) is 0 Å². The average Bonchev–Trinajstić information content (AvgIpc) is 2.20. The number of benzene rings is 1. The molecule has 0 aromatic heterocycles. The van der Waals surface area contributed by atoms with Gasteiger partial charge in [0, 0.05) is 0 Å². The normalized spacial score (nSPS) is 14.7. The highest BCUT2D eigenvalue weighted by Crippen LogP contribution is 2.30. The van der Waals surface area contributed by atoms with E-state index < -0.39 is 11.6 Å². The number of rotatable bonds is 4. The summed E-state index contributed by atoms with van der Waals surface area (Å²) in [5.74, 6) is -0.958. The van der Waals surface area contributed by atoms with Gasteiger partial charge >= 0.3 is 5.97 Å². The first kappa shape index (κ1) is 13.7. The van der Waals surface area contributed by atoms with Crippen LogP contribution in [0.2, 0.25) is 0 Å². The van der Waals surface area contributed by atoms with Crippen molar-refractivity contribution < 1.29 is 14.6 Å². The fraction of sp³-hybridized carbons (Fsp3) is 0.500. The first-order valence-corrected chi connectivity index (χ1v) is 5.76. The van der Waals surface area contributed by atoms with Crippen LogP contribution in [-0.2, 0) is 15.1 Å². The predicted octanol–water partition coefficient (Wildman–Crippen LogP) is 3.03. The number of carboxylic acid groups (broad SMARTS) is 1. The molecule has 0 aliphatic heterocycles. The molecule has 1 atom stereocenters. The molecule has 0 bridgehead atoms. The van der Waals surface area contributed by atoms with Crippen molar-refractivity contribution in [3.8, 4) is 0 Å². The van der Waals surface area contributed by atoms with Crippen LogP contribution < -0.4 is 0 Å². The molecule has 1 N–H and O–H groups in total. The molecule has 0 fully saturated rings. The zero-order chi connectivity index (χ0) is 13.2. The summed E-state index contributed by atoms with van der Waals surface area (Å²) < 4.78 is 5.62. The van der Waals surface area contributed by atoms with Gasteiger partial charge in [0.05, 0.1) is 6.10 Å². The molecule has 1 aromatic rings. The largest absolute Gasteiger partial charge is 0.479 e. The lowest BCUT2D eigenvalue weighted by atomic mass is 9.90. The number of carboxylic acids is 1. The van der Waals surface area contributed by atoms with Crippen LogP contribution in [0.15, 0.2) is 18.2 Å². The number of aryl methyl sites for hydroxylation is 2. The number of aliphatic carboxylic acids is 1. The Morgan fingerprint density at radius 3 is 2.41 bits per heavy atom. The molecule has 94 valence electrons. The summed E-state index contributed by atoms with van der Waals surface area (Å²) in [7, 11) is 0. The molecule has 3 nitrogen and oxygen atoms in total. The lowest BCUT2D eigenvalue weighted by molar-refractivity contribution is -0.170. The molecule has 0 spiro atoms. The molecular formula is C14H20O3. The molecule has 17 heavy (non-hydrogen) atoms. The van der Waals surface area contributed by atoms with E-state index in [0.29, 0.717) is 0 Å². The van der Waals surface area contributed by atoms with Gasteiger partial charge < -0.3 is 9.84 Å². The second-order valence-corrected chi connectivity index (χ2v) is 4.82. The molecule has 0 heterocycles. The highest BCUT2D eigenvalue weighted by atomic mass is 16.5. The van der Waals surface area contributed by atoms with Crippen LogP contribution in [0.25, 0.3) is 0 Å². The van der Waals surface area contributed by atoms with Crippen molar-refractivity contribution in [3.63, 3.8) is 0 Å². The van der Waals surface area contributed by atoms with Crippen LogP contribution in [-0.4, -0.2) is 17.2 Å². The molecule has 0 saturated heterocycles. The van der Waals surface area contributed by atoms with Gasteiger partial charge in [0.15, 0.2) is 5.60 Å². The van der Waals surface area contributed by atoms with E-state index in [4.69, 9.17) is 4.74 Å². The zero-order valence-corrected chi connectivity index (χ0v) is 11.1. The Kier molecular flexibility index (Phi) is 3.94. The lowest BCUT2D eigenvalue weighted by Gasteiger charge is -2.29. The summed E-state index contributed by atoms with van der Waals surface area (Å²) in [6, 6.07) is 5.78. The second kappa shape index (κ2) is 4.88. The van der Waals surface area contributed by atoms with Gasteiger partial charge in [0.2, 0.25) is 0 Å². The van der Waals surface area contributed by atoms with E-state index in [1.807, 2.05) is 45.9 Å². The number of carbonyl (C=O) groups is 1. The summed E-state index contributed by atoms with van der Waals surface area (Å²) in [5, 5.41) is 9.43. The predicted molar refractivity (Wildman–Crippen MR) is 67.1 cm³/mol. The Hall–Kier alpha value is -1.35. The maximum Gasteiger partial charge on any atom is 0.340 e. The van der Waals surface area contributed by atoms with Crippen LogP contribution in [0.5, 0.6) is 0 Å². The Labute approximate surface area is 102 Å². The van der Waals surface area contributed by atoms with Crippen molar-refractivity contribution in [1.82, 2.24) is 0 Å². The molecule has 0 aliphatic rings. The minimum atomic E-state index is -1.29. The molecule has 1 unspecified atom stereocenters. The van der Waals surface area contributed by atoms with Gasteiger partial charge in [0.1, 0.15) is 0 Å². The van der Waals surface area contributed by atoms with Gasteiger partial charge in [-0.3, -0.25) is 0 Å². The van der Waals surface area contributed by atoms with Crippen LogP contribution in [0.1, 0.15) is 37.5 Å². The van der Waals surface area contributed by atoms with E-state index in [0.717, 1.165) is 16.7 Å². The van der Waals surface area contributed by atoms with Crippen LogP contribution >= 0.6 is 0 Å². The molecule has 0 aliphatic carbocycles. The van der Waals surface area contributed by atoms with Crippen molar-refractivity contribution in [2.75, 3.05) is 0 Å². The fourth-order valence-corrected chi connectivity index (χ4v) is 1.95. The highest BCUT2D eigenvalue weighted by molar-refractivity contribution is 5.79. The smallest absolute Gasteiger partial charge is 0.340 e. The minimum Gasteiger partial charge on any atom is -0.479 e. The second-order valence-electron chi connectivity index (χ2n) is 4.82. The third-order valence-electron chi connectivity index (χ3n) is 2.79. The molecule has 1 aromatic carbocycles. The van der Waals surface area contributed by atoms with Crippen molar-refractivity contribution >= 4 is 5.97 Å². The van der Waals surface area contributed by atoms with Crippen molar-refractivity contribution in [2.24, 2.45) is 0 Å². The summed E-state index contributed by atoms with van der Waals surface area (Å²) in [6.45, 7) is 9.13. The van der Waals surface area contributed by atoms with Crippen molar-refractivity contribution in [3.05, 3.63) is 34.9 Å². The summed E-state index contributed by atoms with van der Waals surface area (Å²) in [5.41, 5.74) is 1.40. The van der Waals surface area contributed by atoms with E-state index in [2.05, 4.69) is 0 Å². The Bertz CT molecular complexity index is 423. The molecule has 0 saturated carbocycles. The quantitative estimate of drug-likeness (QED) is 0.874. The Balaban J connectivity index is 3.31. The highest BCUT2D eigenvalue weighted by Gasteiger charge is 2.38. The van der Waals surface area contributed by atoms with E-state index >= 15 is 0 Å². The Morgan fingerprint density at radius 2 is 1.94 bits per heavy atom. The Morgan fingerprint density at radius 1 is 1.35 bits per heavy atom. The van der Waals surface area contributed by atoms with Gasteiger partial charge in [-0.2, -0.15) is 0 Å². The third kappa shape index (κ3) is 2.86. The average molecular weight is 236 g/mol. The molecule has 1 rings (SSSR count). The molecule has 3 heteroatoms. The van der Waals surface area contributed by atoms with E-state index in [-0.39, 0.29) is 6.10 Å². The number of ether oxygens (including phenoxy) is 1. The summed E-state index contributed by atoms with van der Waals surface area (Å²) in [4.78, 5) is 11.5. The SMILES string of the molecule is Cc1ccc(C)c(C(C)(OC(C)C)C(=O)O)c1. The first-order valence-electron chi connectivity index (χ1n) is 5.76. The van der Waals surface area contributed by atoms with Gasteiger partial charge in [-0.25, -0.2) is 4.79 Å². The van der Waals surface area contributed by atoms with Gasteiger partial charge in [-0.15, -0.1) is 0 Å². The maximum absolute atomic E-state index is 11.5. The number of hydrogen-bond acceptors (Lipinski definition) is 2. The standard InChI is InChI=1S/C14H20O3/c1-9(2)17-14(5,13(15)16)12-8-10(3)6-7-11(12)4/h6-9H,1-5H3,(H,15,16). The van der Waals surface area contributed by atoms with Gasteiger partial charge in [-0.1, -0.05) is 23.8 Å². The minimum absolute atomic E-state index is 0.143. The van der Waals surface area contributed by atoms with E-state index in [1.165, 1.54) is 0 Å². The summed E-state index contributed by atoms with van der Waals surface area (Å²) >= 11 is 0. The maximum atomic E-state index is 11.5. The van der Waals surface area contributed by atoms with Gasteiger partial charge in [0.25, 0.3) is 0 Å². The van der Waals surface area contributed by atoms with E-state index in [9.17, 15) is 9.90 Å². The molecular weight excluding hydrogens is 216 g/mol. The van der Waals surface area contributed by atoms with E-state index in [1.54, 1.807) is 6.92 Å². The van der Waals surface area contributed by atoms with Crippen molar-refractivity contribution in [1.29, 1.82) is 0 Å². The van der Waals surface area contributed by atoms with Crippen LogP contribution in [0, 0.1) is 13.8 Å².